The van der Waals surface area contributed by atoms with Crippen LogP contribution in [0.4, 0.5) is 5.82 Å². The lowest BCUT2D eigenvalue weighted by atomic mass is 10.0. The fourth-order valence-corrected chi connectivity index (χ4v) is 2.82. The van der Waals surface area contributed by atoms with Gasteiger partial charge in [0.25, 0.3) is 0 Å². The van der Waals surface area contributed by atoms with Crippen LogP contribution >= 0.6 is 12.4 Å². The van der Waals surface area contributed by atoms with E-state index in [1.165, 1.54) is 12.0 Å². The summed E-state index contributed by atoms with van der Waals surface area (Å²) in [4.78, 5) is 12.1. The molecular formula is C17H23ClN4O. The van der Waals surface area contributed by atoms with Crippen molar-refractivity contribution in [1.82, 2.24) is 15.1 Å². The van der Waals surface area contributed by atoms with Crippen molar-refractivity contribution in [3.8, 4) is 0 Å². The molecule has 5 nitrogen and oxygen atoms in total. The lowest BCUT2D eigenvalue weighted by Crippen LogP contribution is -2.17. The number of carbonyl (C=O) groups excluding carboxylic acids is 1. The minimum Gasteiger partial charge on any atom is -0.316 e. The molecule has 1 amide bonds. The standard InChI is InChI=1S/C17H22N4O.ClH/c22-17(7-6-14-8-10-18-12-14)20-16-9-11-19-21(16)13-15-4-2-1-3-5-15;/h1-5,9,11,14,18H,6-8,10,12-13H2,(H,20,22);1H. The molecular weight excluding hydrogens is 312 g/mol. The van der Waals surface area contributed by atoms with Crippen LogP contribution in [0.3, 0.4) is 0 Å². The normalized spacial score (nSPS) is 16.8. The Labute approximate surface area is 142 Å². The molecule has 3 rings (SSSR count). The molecule has 1 aromatic carbocycles. The zero-order valence-corrected chi connectivity index (χ0v) is 13.9. The Morgan fingerprint density at radius 2 is 2.13 bits per heavy atom. The largest absolute Gasteiger partial charge is 0.316 e. The Morgan fingerprint density at radius 3 is 2.87 bits per heavy atom. The van der Waals surface area contributed by atoms with Crippen LogP contribution < -0.4 is 10.6 Å². The maximum atomic E-state index is 12.1. The molecule has 1 aliphatic heterocycles. The van der Waals surface area contributed by atoms with Crippen molar-refractivity contribution >= 4 is 24.1 Å². The number of amides is 1. The van der Waals surface area contributed by atoms with Crippen LogP contribution in [-0.4, -0.2) is 28.8 Å². The van der Waals surface area contributed by atoms with E-state index in [0.29, 0.717) is 18.9 Å². The highest BCUT2D eigenvalue weighted by Gasteiger charge is 2.16. The van der Waals surface area contributed by atoms with Crippen molar-refractivity contribution in [3.63, 3.8) is 0 Å². The third kappa shape index (κ3) is 5.08. The highest BCUT2D eigenvalue weighted by molar-refractivity contribution is 5.89. The third-order valence-corrected chi connectivity index (χ3v) is 4.10. The Hall–Kier alpha value is -1.85. The second kappa shape index (κ2) is 8.70. The van der Waals surface area contributed by atoms with Crippen LogP contribution in [0.2, 0.25) is 0 Å². The first-order chi connectivity index (χ1) is 10.8. The molecule has 6 heteroatoms. The average molecular weight is 335 g/mol. The number of nitrogens with zero attached hydrogens (tertiary/aromatic N) is 2. The molecule has 1 aromatic heterocycles. The molecule has 0 bridgehead atoms. The summed E-state index contributed by atoms with van der Waals surface area (Å²) in [5, 5.41) is 10.6. The van der Waals surface area contributed by atoms with Crippen molar-refractivity contribution in [3.05, 3.63) is 48.2 Å². The first-order valence-corrected chi connectivity index (χ1v) is 7.87. The first-order valence-electron chi connectivity index (χ1n) is 7.87. The number of benzene rings is 1. The molecule has 23 heavy (non-hydrogen) atoms. The van der Waals surface area contributed by atoms with Crippen LogP contribution in [0.1, 0.15) is 24.8 Å². The molecule has 0 saturated carbocycles. The van der Waals surface area contributed by atoms with Gasteiger partial charge in [-0.05, 0) is 37.4 Å². The van der Waals surface area contributed by atoms with E-state index in [1.54, 1.807) is 6.20 Å². The quantitative estimate of drug-likeness (QED) is 0.854. The highest BCUT2D eigenvalue weighted by atomic mass is 35.5. The Kier molecular flexibility index (Phi) is 6.62. The predicted molar refractivity (Wildman–Crippen MR) is 93.9 cm³/mol. The van der Waals surface area contributed by atoms with E-state index in [2.05, 4.69) is 27.9 Å². The number of carbonyl (C=O) groups is 1. The summed E-state index contributed by atoms with van der Waals surface area (Å²) < 4.78 is 1.82. The third-order valence-electron chi connectivity index (χ3n) is 4.10. The molecule has 1 unspecified atom stereocenters. The van der Waals surface area contributed by atoms with E-state index < -0.39 is 0 Å². The zero-order valence-electron chi connectivity index (χ0n) is 13.1. The summed E-state index contributed by atoms with van der Waals surface area (Å²) in [7, 11) is 0. The van der Waals surface area contributed by atoms with E-state index in [-0.39, 0.29) is 18.3 Å². The van der Waals surface area contributed by atoms with Gasteiger partial charge in [0, 0.05) is 12.5 Å². The van der Waals surface area contributed by atoms with Crippen molar-refractivity contribution in [2.45, 2.75) is 25.8 Å². The SMILES string of the molecule is Cl.O=C(CCC1CCNC1)Nc1ccnn1Cc1ccccc1. The summed E-state index contributed by atoms with van der Waals surface area (Å²) in [6.07, 6.45) is 4.42. The van der Waals surface area contributed by atoms with Crippen molar-refractivity contribution in [2.24, 2.45) is 5.92 Å². The fourth-order valence-electron chi connectivity index (χ4n) is 2.82. The highest BCUT2D eigenvalue weighted by Crippen LogP contribution is 2.16. The minimum absolute atomic E-state index is 0. The molecule has 1 atom stereocenters. The molecule has 2 N–H and O–H groups in total. The molecule has 124 valence electrons. The predicted octanol–water partition coefficient (Wildman–Crippen LogP) is 2.68. The molecule has 0 aliphatic carbocycles. The lowest BCUT2D eigenvalue weighted by molar-refractivity contribution is -0.116. The minimum atomic E-state index is 0. The molecule has 1 aliphatic rings. The molecule has 2 heterocycles. The molecule has 1 fully saturated rings. The zero-order chi connectivity index (χ0) is 15.2. The van der Waals surface area contributed by atoms with Gasteiger partial charge in [-0.25, -0.2) is 4.68 Å². The van der Waals surface area contributed by atoms with Crippen LogP contribution in [0.5, 0.6) is 0 Å². The van der Waals surface area contributed by atoms with Gasteiger partial charge >= 0.3 is 0 Å². The van der Waals surface area contributed by atoms with Gasteiger partial charge in [-0.3, -0.25) is 4.79 Å². The molecule has 1 saturated heterocycles. The lowest BCUT2D eigenvalue weighted by Gasteiger charge is -2.10. The number of nitrogens with one attached hydrogen (secondary N) is 2. The number of rotatable bonds is 6. The van der Waals surface area contributed by atoms with Gasteiger partial charge in [-0.2, -0.15) is 5.10 Å². The molecule has 0 spiro atoms. The Balaban J connectivity index is 0.00000192. The summed E-state index contributed by atoms with van der Waals surface area (Å²) in [6.45, 7) is 2.78. The maximum Gasteiger partial charge on any atom is 0.225 e. The number of hydrogen-bond donors (Lipinski definition) is 2. The van der Waals surface area contributed by atoms with Crippen molar-refractivity contribution < 1.29 is 4.79 Å². The van der Waals surface area contributed by atoms with Crippen LogP contribution in [0.25, 0.3) is 0 Å². The first kappa shape index (κ1) is 17.5. The summed E-state index contributed by atoms with van der Waals surface area (Å²) in [5.41, 5.74) is 1.17. The maximum absolute atomic E-state index is 12.1. The van der Waals surface area contributed by atoms with Gasteiger partial charge in [0.15, 0.2) is 0 Å². The van der Waals surface area contributed by atoms with Gasteiger partial charge in [-0.1, -0.05) is 30.3 Å². The van der Waals surface area contributed by atoms with E-state index in [0.717, 1.165) is 25.3 Å². The van der Waals surface area contributed by atoms with Crippen LogP contribution in [0.15, 0.2) is 42.6 Å². The second-order valence-electron chi connectivity index (χ2n) is 5.81. The monoisotopic (exact) mass is 334 g/mol. The fraction of sp³-hybridized carbons (Fsp3) is 0.412. The molecule has 0 radical (unpaired) electrons. The van der Waals surface area contributed by atoms with Crippen molar-refractivity contribution in [1.29, 1.82) is 0 Å². The molecule has 2 aromatic rings. The van der Waals surface area contributed by atoms with Gasteiger partial charge in [-0.15, -0.1) is 12.4 Å². The smallest absolute Gasteiger partial charge is 0.225 e. The Bertz CT molecular complexity index is 608. The van der Waals surface area contributed by atoms with Crippen molar-refractivity contribution in [2.75, 3.05) is 18.4 Å². The van der Waals surface area contributed by atoms with Gasteiger partial charge < -0.3 is 10.6 Å². The van der Waals surface area contributed by atoms with Gasteiger partial charge in [0.05, 0.1) is 12.7 Å². The van der Waals surface area contributed by atoms with Crippen LogP contribution in [0, 0.1) is 5.92 Å². The second-order valence-corrected chi connectivity index (χ2v) is 5.81. The topological polar surface area (TPSA) is 59.0 Å². The summed E-state index contributed by atoms with van der Waals surface area (Å²) in [5.74, 6) is 1.47. The number of halogens is 1. The average Bonchev–Trinajstić information content (AvgIpc) is 3.19. The van der Waals surface area contributed by atoms with Gasteiger partial charge in [0.1, 0.15) is 5.82 Å². The summed E-state index contributed by atoms with van der Waals surface area (Å²) >= 11 is 0. The van der Waals surface area contributed by atoms with E-state index in [1.807, 2.05) is 28.9 Å². The van der Waals surface area contributed by atoms with E-state index >= 15 is 0 Å². The summed E-state index contributed by atoms with van der Waals surface area (Å²) in [6, 6.07) is 12.0. The number of anilines is 1. The van der Waals surface area contributed by atoms with E-state index in [9.17, 15) is 4.79 Å². The van der Waals surface area contributed by atoms with E-state index in [4.69, 9.17) is 0 Å². The van der Waals surface area contributed by atoms with Gasteiger partial charge in [0.2, 0.25) is 5.91 Å². The Morgan fingerprint density at radius 1 is 1.30 bits per heavy atom. The number of hydrogen-bond acceptors (Lipinski definition) is 3. The van der Waals surface area contributed by atoms with Crippen LogP contribution in [-0.2, 0) is 11.3 Å². The number of aromatic nitrogens is 2.